The molecule has 4 nitrogen and oxygen atoms in total. The fourth-order valence-electron chi connectivity index (χ4n) is 2.64. The number of benzene rings is 1. The fraction of sp³-hybridized carbons (Fsp3) is 0.312. The average molecular weight is 303 g/mol. The molecular weight excluding hydrogens is 284 g/mol. The van der Waals surface area contributed by atoms with Gasteiger partial charge in [0.15, 0.2) is 5.82 Å². The smallest absolute Gasteiger partial charge is 0.152 e. The number of nitrogens with two attached hydrogens (primary N) is 1. The van der Waals surface area contributed by atoms with Crippen LogP contribution in [0.3, 0.4) is 0 Å². The van der Waals surface area contributed by atoms with Gasteiger partial charge in [0.1, 0.15) is 0 Å². The van der Waals surface area contributed by atoms with E-state index in [4.69, 9.17) is 17.3 Å². The second kappa shape index (κ2) is 5.82. The summed E-state index contributed by atoms with van der Waals surface area (Å²) in [6.45, 7) is 5.77. The Hall–Kier alpha value is -1.94. The average Bonchev–Trinajstić information content (AvgIpc) is 2.51. The van der Waals surface area contributed by atoms with Crippen LogP contribution in [0.2, 0.25) is 5.02 Å². The zero-order valence-corrected chi connectivity index (χ0v) is 12.8. The van der Waals surface area contributed by atoms with E-state index in [0.29, 0.717) is 0 Å². The van der Waals surface area contributed by atoms with Crippen LogP contribution < -0.4 is 15.5 Å². The third kappa shape index (κ3) is 2.90. The van der Waals surface area contributed by atoms with Crippen LogP contribution in [0, 0.1) is 6.92 Å². The predicted octanol–water partition coefficient (Wildman–Crippen LogP) is 2.95. The number of hydrogen-bond acceptors (Lipinski definition) is 4. The molecule has 0 radical (unpaired) electrons. The van der Waals surface area contributed by atoms with Gasteiger partial charge in [-0.15, -0.1) is 0 Å². The molecule has 110 valence electrons. The van der Waals surface area contributed by atoms with E-state index in [0.717, 1.165) is 48.3 Å². The first kappa shape index (κ1) is 14.0. The van der Waals surface area contributed by atoms with E-state index in [2.05, 4.69) is 26.9 Å². The molecular formula is C16H19ClN4. The zero-order valence-electron chi connectivity index (χ0n) is 12.1. The number of nitrogen functional groups attached to an aromatic ring is 1. The van der Waals surface area contributed by atoms with Crippen molar-refractivity contribution in [1.29, 1.82) is 0 Å². The number of anilines is 3. The van der Waals surface area contributed by atoms with Crippen molar-refractivity contribution in [3.05, 3.63) is 47.1 Å². The van der Waals surface area contributed by atoms with Gasteiger partial charge in [-0.1, -0.05) is 11.6 Å². The highest BCUT2D eigenvalue weighted by Crippen LogP contribution is 2.26. The number of aryl methyl sites for hydroxylation is 1. The van der Waals surface area contributed by atoms with Crippen LogP contribution in [0.25, 0.3) is 0 Å². The highest BCUT2D eigenvalue weighted by atomic mass is 35.5. The molecule has 1 saturated heterocycles. The number of piperazine rings is 1. The second-order valence-corrected chi connectivity index (χ2v) is 5.75. The summed E-state index contributed by atoms with van der Waals surface area (Å²) in [4.78, 5) is 9.06. The number of nitrogens with zero attached hydrogens (tertiary/aromatic N) is 3. The molecule has 3 rings (SSSR count). The highest BCUT2D eigenvalue weighted by Gasteiger charge is 2.20. The predicted molar refractivity (Wildman–Crippen MR) is 89.3 cm³/mol. The standard InChI is InChI=1S/C16H19ClN4/c1-12-6-7-19-16(15(12)18)21-10-8-20(9-11-21)14-4-2-13(17)3-5-14/h2-7H,8-11,18H2,1H3. The van der Waals surface area contributed by atoms with Crippen molar-refractivity contribution in [2.45, 2.75) is 6.92 Å². The SMILES string of the molecule is Cc1ccnc(N2CCN(c3ccc(Cl)cc3)CC2)c1N. The van der Waals surface area contributed by atoms with E-state index in [1.807, 2.05) is 31.3 Å². The molecule has 0 spiro atoms. The van der Waals surface area contributed by atoms with Crippen molar-refractivity contribution in [1.82, 2.24) is 4.98 Å². The number of aromatic nitrogens is 1. The minimum absolute atomic E-state index is 0.772. The summed E-state index contributed by atoms with van der Waals surface area (Å²) in [6, 6.07) is 9.95. The van der Waals surface area contributed by atoms with E-state index >= 15 is 0 Å². The monoisotopic (exact) mass is 302 g/mol. The normalized spacial score (nSPS) is 15.3. The lowest BCUT2D eigenvalue weighted by molar-refractivity contribution is 0.648. The van der Waals surface area contributed by atoms with Crippen LogP contribution in [0.5, 0.6) is 0 Å². The van der Waals surface area contributed by atoms with Crippen LogP contribution in [0.4, 0.5) is 17.2 Å². The first-order valence-corrected chi connectivity index (χ1v) is 7.49. The van der Waals surface area contributed by atoms with Gasteiger partial charge in [-0.2, -0.15) is 0 Å². The van der Waals surface area contributed by atoms with E-state index in [-0.39, 0.29) is 0 Å². The van der Waals surface area contributed by atoms with Gasteiger partial charge in [0, 0.05) is 43.1 Å². The summed E-state index contributed by atoms with van der Waals surface area (Å²) >= 11 is 5.94. The molecule has 21 heavy (non-hydrogen) atoms. The van der Waals surface area contributed by atoms with Crippen LogP contribution in [-0.4, -0.2) is 31.2 Å². The molecule has 1 fully saturated rings. The molecule has 1 aliphatic rings. The Bertz CT molecular complexity index is 619. The van der Waals surface area contributed by atoms with Crippen LogP contribution in [-0.2, 0) is 0 Å². The van der Waals surface area contributed by atoms with Gasteiger partial charge in [0.25, 0.3) is 0 Å². The number of pyridine rings is 1. The van der Waals surface area contributed by atoms with Gasteiger partial charge < -0.3 is 15.5 Å². The van der Waals surface area contributed by atoms with Gasteiger partial charge >= 0.3 is 0 Å². The lowest BCUT2D eigenvalue weighted by atomic mass is 10.2. The third-order valence-electron chi connectivity index (χ3n) is 3.96. The highest BCUT2D eigenvalue weighted by molar-refractivity contribution is 6.30. The van der Waals surface area contributed by atoms with E-state index in [1.54, 1.807) is 0 Å². The Morgan fingerprint density at radius 3 is 2.29 bits per heavy atom. The van der Waals surface area contributed by atoms with Crippen LogP contribution >= 0.6 is 11.6 Å². The summed E-state index contributed by atoms with van der Waals surface area (Å²) in [5, 5.41) is 0.772. The van der Waals surface area contributed by atoms with Crippen LogP contribution in [0.1, 0.15) is 5.56 Å². The molecule has 1 aromatic carbocycles. The summed E-state index contributed by atoms with van der Waals surface area (Å²) in [6.07, 6.45) is 1.83. The minimum Gasteiger partial charge on any atom is -0.396 e. The van der Waals surface area contributed by atoms with Gasteiger partial charge in [-0.25, -0.2) is 4.98 Å². The lowest BCUT2D eigenvalue weighted by Gasteiger charge is -2.37. The number of halogens is 1. The maximum atomic E-state index is 6.14. The fourth-order valence-corrected chi connectivity index (χ4v) is 2.76. The second-order valence-electron chi connectivity index (χ2n) is 5.32. The van der Waals surface area contributed by atoms with Crippen LogP contribution in [0.15, 0.2) is 36.5 Å². The molecule has 0 amide bonds. The Kier molecular flexibility index (Phi) is 3.88. The van der Waals surface area contributed by atoms with Gasteiger partial charge in [-0.3, -0.25) is 0 Å². The maximum Gasteiger partial charge on any atom is 0.152 e. The Balaban J connectivity index is 1.70. The van der Waals surface area contributed by atoms with E-state index < -0.39 is 0 Å². The van der Waals surface area contributed by atoms with Crippen molar-refractivity contribution in [2.75, 3.05) is 41.7 Å². The molecule has 0 unspecified atom stereocenters. The van der Waals surface area contributed by atoms with E-state index in [9.17, 15) is 0 Å². The first-order valence-electron chi connectivity index (χ1n) is 7.11. The molecule has 5 heteroatoms. The van der Waals surface area contributed by atoms with Gasteiger partial charge in [-0.05, 0) is 42.8 Å². The lowest BCUT2D eigenvalue weighted by Crippen LogP contribution is -2.47. The van der Waals surface area contributed by atoms with E-state index in [1.165, 1.54) is 5.69 Å². The Labute approximate surface area is 130 Å². The molecule has 1 aliphatic heterocycles. The number of hydrogen-bond donors (Lipinski definition) is 1. The Morgan fingerprint density at radius 2 is 1.62 bits per heavy atom. The van der Waals surface area contributed by atoms with Crippen molar-refractivity contribution in [3.8, 4) is 0 Å². The summed E-state index contributed by atoms with van der Waals surface area (Å²) < 4.78 is 0. The zero-order chi connectivity index (χ0) is 14.8. The summed E-state index contributed by atoms with van der Waals surface area (Å²) in [5.74, 6) is 0.908. The first-order chi connectivity index (χ1) is 10.1. The van der Waals surface area contributed by atoms with Gasteiger partial charge in [0.05, 0.1) is 5.69 Å². The number of rotatable bonds is 2. The largest absolute Gasteiger partial charge is 0.396 e. The van der Waals surface area contributed by atoms with Crippen molar-refractivity contribution < 1.29 is 0 Å². The van der Waals surface area contributed by atoms with Crippen molar-refractivity contribution in [2.24, 2.45) is 0 Å². The molecule has 0 atom stereocenters. The quantitative estimate of drug-likeness (QED) is 0.926. The molecule has 1 aromatic heterocycles. The molecule has 0 bridgehead atoms. The minimum atomic E-state index is 0.772. The molecule has 0 saturated carbocycles. The van der Waals surface area contributed by atoms with Crippen molar-refractivity contribution in [3.63, 3.8) is 0 Å². The third-order valence-corrected chi connectivity index (χ3v) is 4.21. The molecule has 2 N–H and O–H groups in total. The molecule has 2 aromatic rings. The van der Waals surface area contributed by atoms with Gasteiger partial charge in [0.2, 0.25) is 0 Å². The summed E-state index contributed by atoms with van der Waals surface area (Å²) in [7, 11) is 0. The van der Waals surface area contributed by atoms with Crippen molar-refractivity contribution >= 4 is 28.8 Å². The Morgan fingerprint density at radius 1 is 1.00 bits per heavy atom. The maximum absolute atomic E-state index is 6.14. The molecule has 0 aliphatic carbocycles. The summed E-state index contributed by atoms with van der Waals surface area (Å²) in [5.41, 5.74) is 9.23. The topological polar surface area (TPSA) is 45.4 Å². The molecule has 2 heterocycles.